The lowest BCUT2D eigenvalue weighted by Crippen LogP contribution is -2.42. The summed E-state index contributed by atoms with van der Waals surface area (Å²) in [5, 5.41) is 30.4. The molecule has 1 unspecified atom stereocenters. The predicted molar refractivity (Wildman–Crippen MR) is 124 cm³/mol. The number of allylic oxidation sites excluding steroid dienone is 4. The second-order valence-electron chi connectivity index (χ2n) is 11.2. The highest BCUT2D eigenvalue weighted by Gasteiger charge is 2.51. The predicted octanol–water partition coefficient (Wildman–Crippen LogP) is 4.88. The normalized spacial score (nSPS) is 36.5. The summed E-state index contributed by atoms with van der Waals surface area (Å²) in [6.45, 7) is 11.6. The number of ketones is 1. The molecule has 0 aromatic rings. The van der Waals surface area contributed by atoms with E-state index in [-0.39, 0.29) is 17.4 Å². The van der Waals surface area contributed by atoms with Crippen LogP contribution in [0.25, 0.3) is 0 Å². The van der Waals surface area contributed by atoms with Gasteiger partial charge in [-0.1, -0.05) is 43.7 Å². The van der Waals surface area contributed by atoms with Crippen molar-refractivity contribution in [2.24, 2.45) is 23.2 Å². The first-order valence-electron chi connectivity index (χ1n) is 12.1. The fourth-order valence-corrected chi connectivity index (χ4v) is 6.64. The average molecular weight is 431 g/mol. The first-order chi connectivity index (χ1) is 14.4. The van der Waals surface area contributed by atoms with E-state index in [1.807, 2.05) is 0 Å². The molecule has 0 amide bonds. The maximum absolute atomic E-state index is 12.3. The molecule has 0 heterocycles. The molecule has 3 aliphatic carbocycles. The molecule has 0 saturated heterocycles. The van der Waals surface area contributed by atoms with Crippen molar-refractivity contribution in [3.05, 3.63) is 35.5 Å². The summed E-state index contributed by atoms with van der Waals surface area (Å²) in [5.74, 6) is 0.742. The lowest BCUT2D eigenvalue weighted by Gasteiger charge is -2.44. The van der Waals surface area contributed by atoms with Gasteiger partial charge < -0.3 is 15.3 Å². The molecule has 0 aliphatic heterocycles. The zero-order valence-electron chi connectivity index (χ0n) is 19.9. The number of hydrogen-bond donors (Lipinski definition) is 3. The van der Waals surface area contributed by atoms with Gasteiger partial charge in [-0.25, -0.2) is 0 Å². The summed E-state index contributed by atoms with van der Waals surface area (Å²) in [6.07, 6.45) is 11.7. The number of hydrogen-bond acceptors (Lipinski definition) is 4. The van der Waals surface area contributed by atoms with Gasteiger partial charge in [0.15, 0.2) is 5.78 Å². The molecular formula is C27H42O4. The minimum absolute atomic E-state index is 0.183. The van der Waals surface area contributed by atoms with E-state index < -0.39 is 17.5 Å². The molecule has 4 nitrogen and oxygen atoms in total. The molecule has 6 atom stereocenters. The van der Waals surface area contributed by atoms with E-state index in [9.17, 15) is 20.1 Å². The van der Waals surface area contributed by atoms with Gasteiger partial charge in [0.05, 0.1) is 6.10 Å². The number of carbonyl (C=O) groups is 1. The van der Waals surface area contributed by atoms with E-state index in [4.69, 9.17) is 0 Å². The summed E-state index contributed by atoms with van der Waals surface area (Å²) < 4.78 is 0. The molecule has 0 bridgehead atoms. The third-order valence-corrected chi connectivity index (χ3v) is 8.41. The number of aliphatic hydroxyl groups excluding tert-OH is 2. The standard InChI is InChI=1S/C27H42O4/c1-17-8-11-21(28)16-20(17)10-9-19-7-6-14-27(5)22(12-13-23(19)27)18(2)15-24(29)25(30)26(3,4)31/h9-10,18,21-24,28-29,31H,1,6-8,11-16H2,2-5H3/t18-,21+,22-,23+,24?,27-/m1/s1. The third kappa shape index (κ3) is 5.23. The zero-order valence-corrected chi connectivity index (χ0v) is 19.9. The lowest BCUT2D eigenvalue weighted by atomic mass is 9.60. The molecule has 4 heteroatoms. The first-order valence-corrected chi connectivity index (χ1v) is 12.1. The Morgan fingerprint density at radius 3 is 2.65 bits per heavy atom. The van der Waals surface area contributed by atoms with Crippen LogP contribution in [-0.4, -0.2) is 38.9 Å². The van der Waals surface area contributed by atoms with E-state index >= 15 is 0 Å². The monoisotopic (exact) mass is 430 g/mol. The van der Waals surface area contributed by atoms with Crippen molar-refractivity contribution >= 4 is 5.78 Å². The van der Waals surface area contributed by atoms with Crippen molar-refractivity contribution in [1.82, 2.24) is 0 Å². The van der Waals surface area contributed by atoms with Gasteiger partial charge in [-0.05, 0) is 100 Å². The number of fused-ring (bicyclic) bond motifs is 1. The average Bonchev–Trinajstić information content (AvgIpc) is 3.04. The van der Waals surface area contributed by atoms with E-state index in [1.165, 1.54) is 37.8 Å². The van der Waals surface area contributed by atoms with Crippen molar-refractivity contribution in [3.8, 4) is 0 Å². The molecule has 3 fully saturated rings. The Morgan fingerprint density at radius 2 is 1.97 bits per heavy atom. The molecule has 3 N–H and O–H groups in total. The Hall–Kier alpha value is -1.23. The number of aliphatic hydroxyl groups is 3. The van der Waals surface area contributed by atoms with Crippen LogP contribution in [0, 0.1) is 23.2 Å². The molecule has 0 aromatic heterocycles. The molecule has 0 radical (unpaired) electrons. The van der Waals surface area contributed by atoms with Crippen LogP contribution in [0.2, 0.25) is 0 Å². The van der Waals surface area contributed by atoms with Crippen molar-refractivity contribution in [3.63, 3.8) is 0 Å². The Bertz CT molecular complexity index is 756. The fraction of sp³-hybridized carbons (Fsp3) is 0.741. The molecule has 3 saturated carbocycles. The largest absolute Gasteiger partial charge is 0.393 e. The van der Waals surface area contributed by atoms with Crippen molar-refractivity contribution in [2.75, 3.05) is 0 Å². The Labute approximate surface area is 188 Å². The van der Waals surface area contributed by atoms with E-state index in [1.54, 1.807) is 0 Å². The molecule has 174 valence electrons. The highest BCUT2D eigenvalue weighted by Crippen LogP contribution is 2.59. The number of carbonyl (C=O) groups excluding carboxylic acids is 1. The summed E-state index contributed by atoms with van der Waals surface area (Å²) in [5.41, 5.74) is 2.55. The summed E-state index contributed by atoms with van der Waals surface area (Å²) in [4.78, 5) is 12.3. The van der Waals surface area contributed by atoms with E-state index in [0.29, 0.717) is 24.7 Å². The van der Waals surface area contributed by atoms with Gasteiger partial charge >= 0.3 is 0 Å². The van der Waals surface area contributed by atoms with Crippen LogP contribution in [0.5, 0.6) is 0 Å². The van der Waals surface area contributed by atoms with Crippen LogP contribution in [-0.2, 0) is 4.79 Å². The molecule has 0 aromatic carbocycles. The zero-order chi connectivity index (χ0) is 23.0. The number of rotatable bonds is 6. The minimum atomic E-state index is -1.49. The van der Waals surface area contributed by atoms with Crippen LogP contribution in [0.4, 0.5) is 0 Å². The van der Waals surface area contributed by atoms with Gasteiger partial charge in [0.2, 0.25) is 0 Å². The molecule has 0 spiro atoms. The van der Waals surface area contributed by atoms with Gasteiger partial charge in [0.1, 0.15) is 11.7 Å². The van der Waals surface area contributed by atoms with Crippen molar-refractivity contribution in [2.45, 2.75) is 103 Å². The van der Waals surface area contributed by atoms with Gasteiger partial charge in [0.25, 0.3) is 0 Å². The van der Waals surface area contributed by atoms with Crippen LogP contribution in [0.1, 0.15) is 85.5 Å². The molecular weight excluding hydrogens is 388 g/mol. The molecule has 31 heavy (non-hydrogen) atoms. The van der Waals surface area contributed by atoms with Crippen LogP contribution in [0.15, 0.2) is 35.5 Å². The van der Waals surface area contributed by atoms with Gasteiger partial charge in [-0.2, -0.15) is 0 Å². The third-order valence-electron chi connectivity index (χ3n) is 8.41. The SMILES string of the molecule is C=C1CC[C@H](O)CC1=CC=C1CCC[C@]2(C)[C@@H]([C@H](C)CC(O)C(=O)C(C)(C)O)CC[C@@H]12. The maximum atomic E-state index is 12.3. The second kappa shape index (κ2) is 9.33. The van der Waals surface area contributed by atoms with Gasteiger partial charge in [-0.15, -0.1) is 0 Å². The van der Waals surface area contributed by atoms with Gasteiger partial charge in [0, 0.05) is 0 Å². The highest BCUT2D eigenvalue weighted by atomic mass is 16.3. The van der Waals surface area contributed by atoms with Crippen molar-refractivity contribution < 1.29 is 20.1 Å². The Morgan fingerprint density at radius 1 is 1.26 bits per heavy atom. The van der Waals surface area contributed by atoms with E-state index in [0.717, 1.165) is 37.7 Å². The minimum Gasteiger partial charge on any atom is -0.393 e. The highest BCUT2D eigenvalue weighted by molar-refractivity contribution is 5.89. The van der Waals surface area contributed by atoms with Gasteiger partial charge in [-0.3, -0.25) is 4.79 Å². The van der Waals surface area contributed by atoms with Crippen molar-refractivity contribution in [1.29, 1.82) is 0 Å². The fourth-order valence-electron chi connectivity index (χ4n) is 6.64. The lowest BCUT2D eigenvalue weighted by molar-refractivity contribution is -0.144. The van der Waals surface area contributed by atoms with Crippen LogP contribution < -0.4 is 0 Å². The second-order valence-corrected chi connectivity index (χ2v) is 11.2. The van der Waals surface area contributed by atoms with E-state index in [2.05, 4.69) is 32.6 Å². The molecule has 3 aliphatic rings. The topological polar surface area (TPSA) is 77.8 Å². The Kier molecular flexibility index (Phi) is 7.35. The van der Waals surface area contributed by atoms with Crippen LogP contribution >= 0.6 is 0 Å². The van der Waals surface area contributed by atoms with Crippen LogP contribution in [0.3, 0.4) is 0 Å². The molecule has 3 rings (SSSR count). The summed E-state index contributed by atoms with van der Waals surface area (Å²) in [6, 6.07) is 0. The Balaban J connectivity index is 1.73. The summed E-state index contributed by atoms with van der Waals surface area (Å²) >= 11 is 0. The first kappa shape index (κ1) is 24.4. The number of Topliss-reactive ketones (excluding diaryl/α,β-unsaturated/α-hetero) is 1. The smallest absolute Gasteiger partial charge is 0.192 e. The quantitative estimate of drug-likeness (QED) is 0.561. The summed E-state index contributed by atoms with van der Waals surface area (Å²) in [7, 11) is 0. The maximum Gasteiger partial charge on any atom is 0.192 e.